The first kappa shape index (κ1) is 21.9. The van der Waals surface area contributed by atoms with Crippen molar-refractivity contribution in [3.05, 3.63) is 83.4 Å². The summed E-state index contributed by atoms with van der Waals surface area (Å²) in [6.45, 7) is 0.420. The summed E-state index contributed by atoms with van der Waals surface area (Å²) in [5.74, 6) is -0.347. The monoisotopic (exact) mass is 466 g/mol. The third kappa shape index (κ3) is 3.67. The Hall–Kier alpha value is -3.88. The molecule has 1 atom stereocenters. The highest BCUT2D eigenvalue weighted by Crippen LogP contribution is 2.36. The Morgan fingerprint density at radius 3 is 2.68 bits per heavy atom. The zero-order chi connectivity index (χ0) is 23.8. The van der Waals surface area contributed by atoms with Crippen molar-refractivity contribution in [2.24, 2.45) is 0 Å². The molecule has 4 aromatic rings. The Morgan fingerprint density at radius 1 is 1.15 bits per heavy atom. The largest absolute Gasteiger partial charge is 0.496 e. The molecule has 6 nitrogen and oxygen atoms in total. The first-order valence-electron chi connectivity index (χ1n) is 10.8. The third-order valence-electron chi connectivity index (χ3n) is 6.11. The van der Waals surface area contributed by atoms with Gasteiger partial charge in [-0.25, -0.2) is 22.7 Å². The number of para-hydroxylation sites is 1. The molecule has 0 aliphatic carbocycles. The molecular formula is C25H21F3N4O2. The second-order valence-corrected chi connectivity index (χ2v) is 8.04. The smallest absolute Gasteiger partial charge is 0.280 e. The average molecular weight is 466 g/mol. The lowest BCUT2D eigenvalue weighted by atomic mass is 10.0. The van der Waals surface area contributed by atoms with Gasteiger partial charge in [-0.2, -0.15) is 5.10 Å². The predicted octanol–water partition coefficient (Wildman–Crippen LogP) is 5.46. The van der Waals surface area contributed by atoms with Crippen LogP contribution >= 0.6 is 0 Å². The molecule has 9 heteroatoms. The first-order chi connectivity index (χ1) is 16.5. The fraction of sp³-hybridized carbons (Fsp3) is 0.240. The van der Waals surface area contributed by atoms with Gasteiger partial charge in [0.2, 0.25) is 0 Å². The fourth-order valence-electron chi connectivity index (χ4n) is 4.52. The van der Waals surface area contributed by atoms with Crippen LogP contribution < -0.4 is 4.74 Å². The minimum absolute atomic E-state index is 0.0166. The van der Waals surface area contributed by atoms with Crippen LogP contribution in [0.5, 0.6) is 5.75 Å². The summed E-state index contributed by atoms with van der Waals surface area (Å²) < 4.78 is 48.7. The van der Waals surface area contributed by atoms with Gasteiger partial charge in [0, 0.05) is 17.7 Å². The Morgan fingerprint density at radius 2 is 1.91 bits per heavy atom. The molecule has 0 spiro atoms. The van der Waals surface area contributed by atoms with Gasteiger partial charge in [-0.3, -0.25) is 4.79 Å². The highest BCUT2D eigenvalue weighted by atomic mass is 19.3. The number of methoxy groups -OCH3 is 1. The number of rotatable bonds is 5. The van der Waals surface area contributed by atoms with E-state index in [0.29, 0.717) is 36.3 Å². The van der Waals surface area contributed by atoms with Crippen LogP contribution in [0.25, 0.3) is 16.9 Å². The SMILES string of the molecule is COc1ccccc1-c1cc(C(F)F)n2ncc(C(=O)N3CCCC3c3ccccc3F)c2n1. The van der Waals surface area contributed by atoms with Crippen molar-refractivity contribution < 1.29 is 22.7 Å². The topological polar surface area (TPSA) is 59.7 Å². The van der Waals surface area contributed by atoms with Gasteiger partial charge in [-0.15, -0.1) is 0 Å². The van der Waals surface area contributed by atoms with Crippen LogP contribution in [-0.2, 0) is 0 Å². The van der Waals surface area contributed by atoms with Gasteiger partial charge in [0.15, 0.2) is 5.65 Å². The van der Waals surface area contributed by atoms with Gasteiger partial charge in [0.25, 0.3) is 12.3 Å². The average Bonchev–Trinajstić information content (AvgIpc) is 3.50. The molecule has 34 heavy (non-hydrogen) atoms. The normalized spacial score (nSPS) is 15.9. The molecule has 2 aromatic heterocycles. The molecule has 1 fully saturated rings. The van der Waals surface area contributed by atoms with E-state index in [-0.39, 0.29) is 22.7 Å². The maximum atomic E-state index is 14.5. The number of hydrogen-bond acceptors (Lipinski definition) is 4. The molecule has 0 bridgehead atoms. The Labute approximate surface area is 193 Å². The Bertz CT molecular complexity index is 1370. The Kier molecular flexibility index (Phi) is 5.69. The molecule has 1 unspecified atom stereocenters. The van der Waals surface area contributed by atoms with Gasteiger partial charge < -0.3 is 9.64 Å². The zero-order valence-corrected chi connectivity index (χ0v) is 18.3. The van der Waals surface area contributed by atoms with E-state index >= 15 is 0 Å². The molecule has 3 heterocycles. The van der Waals surface area contributed by atoms with Crippen LogP contribution in [0.15, 0.2) is 60.8 Å². The molecule has 2 aromatic carbocycles. The van der Waals surface area contributed by atoms with Crippen LogP contribution in [0.2, 0.25) is 0 Å². The van der Waals surface area contributed by atoms with Crippen LogP contribution in [0.4, 0.5) is 13.2 Å². The van der Waals surface area contributed by atoms with Crippen molar-refractivity contribution in [2.45, 2.75) is 25.3 Å². The molecule has 5 rings (SSSR count). The number of amides is 1. The van der Waals surface area contributed by atoms with Crippen LogP contribution in [0.3, 0.4) is 0 Å². The number of carbonyl (C=O) groups is 1. The molecule has 0 N–H and O–H groups in total. The highest BCUT2D eigenvalue weighted by Gasteiger charge is 2.34. The predicted molar refractivity (Wildman–Crippen MR) is 119 cm³/mol. The molecule has 0 radical (unpaired) electrons. The third-order valence-corrected chi connectivity index (χ3v) is 6.11. The molecule has 1 saturated heterocycles. The number of benzene rings is 2. The van der Waals surface area contributed by atoms with Crippen molar-refractivity contribution in [3.63, 3.8) is 0 Å². The summed E-state index contributed by atoms with van der Waals surface area (Å²) in [7, 11) is 1.48. The summed E-state index contributed by atoms with van der Waals surface area (Å²) in [6.07, 6.45) is -0.292. The Balaban J connectivity index is 1.62. The summed E-state index contributed by atoms with van der Waals surface area (Å²) in [4.78, 5) is 19.7. The zero-order valence-electron chi connectivity index (χ0n) is 18.3. The number of halogens is 3. The highest BCUT2D eigenvalue weighted by molar-refractivity contribution is 6.00. The number of nitrogens with zero attached hydrogens (tertiary/aromatic N) is 4. The van der Waals surface area contributed by atoms with Crippen molar-refractivity contribution >= 4 is 11.6 Å². The lowest BCUT2D eigenvalue weighted by Gasteiger charge is -2.25. The van der Waals surface area contributed by atoms with E-state index in [9.17, 15) is 18.0 Å². The minimum atomic E-state index is -2.85. The summed E-state index contributed by atoms with van der Waals surface area (Å²) in [5.41, 5.74) is 0.892. The van der Waals surface area contributed by atoms with Gasteiger partial charge in [0.05, 0.1) is 25.0 Å². The molecule has 1 aliphatic heterocycles. The van der Waals surface area contributed by atoms with E-state index < -0.39 is 24.1 Å². The lowest BCUT2D eigenvalue weighted by Crippen LogP contribution is -2.31. The van der Waals surface area contributed by atoms with Crippen LogP contribution in [-0.4, -0.2) is 39.1 Å². The van der Waals surface area contributed by atoms with E-state index in [1.165, 1.54) is 25.4 Å². The van der Waals surface area contributed by atoms with Crippen molar-refractivity contribution in [1.29, 1.82) is 0 Å². The number of alkyl halides is 2. The van der Waals surface area contributed by atoms with E-state index in [1.54, 1.807) is 47.4 Å². The number of aromatic nitrogens is 3. The maximum absolute atomic E-state index is 14.5. The number of fused-ring (bicyclic) bond motifs is 1. The molecule has 0 saturated carbocycles. The fourth-order valence-corrected chi connectivity index (χ4v) is 4.52. The summed E-state index contributed by atoms with van der Waals surface area (Å²) in [5, 5.41) is 4.05. The van der Waals surface area contributed by atoms with Crippen molar-refractivity contribution in [3.8, 4) is 17.0 Å². The van der Waals surface area contributed by atoms with E-state index in [2.05, 4.69) is 10.1 Å². The summed E-state index contributed by atoms with van der Waals surface area (Å²) in [6, 6.07) is 14.1. The minimum Gasteiger partial charge on any atom is -0.496 e. The van der Waals surface area contributed by atoms with E-state index in [1.807, 2.05) is 0 Å². The number of carbonyl (C=O) groups excluding carboxylic acids is 1. The first-order valence-corrected chi connectivity index (χ1v) is 10.8. The second-order valence-electron chi connectivity index (χ2n) is 8.04. The van der Waals surface area contributed by atoms with Gasteiger partial charge >= 0.3 is 0 Å². The molecule has 1 aliphatic rings. The van der Waals surface area contributed by atoms with Crippen LogP contribution in [0.1, 0.15) is 46.9 Å². The van der Waals surface area contributed by atoms with E-state index in [4.69, 9.17) is 4.74 Å². The standard InChI is InChI=1S/C25H21F3N4O2/c1-34-22-11-5-3-8-16(22)19-13-21(23(27)28)32-24(30-19)17(14-29-32)25(33)31-12-6-10-20(31)15-7-2-4-9-18(15)26/h2-5,7-9,11,13-14,20,23H,6,10,12H2,1H3. The maximum Gasteiger partial charge on any atom is 0.280 e. The number of ether oxygens (including phenoxy) is 1. The quantitative estimate of drug-likeness (QED) is 0.392. The van der Waals surface area contributed by atoms with Crippen molar-refractivity contribution in [2.75, 3.05) is 13.7 Å². The van der Waals surface area contributed by atoms with Gasteiger partial charge in [-0.05, 0) is 37.1 Å². The summed E-state index contributed by atoms with van der Waals surface area (Å²) >= 11 is 0. The van der Waals surface area contributed by atoms with E-state index in [0.717, 1.165) is 4.52 Å². The second kappa shape index (κ2) is 8.81. The van der Waals surface area contributed by atoms with Gasteiger partial charge in [0.1, 0.15) is 22.8 Å². The van der Waals surface area contributed by atoms with Crippen LogP contribution in [0, 0.1) is 5.82 Å². The molecular weight excluding hydrogens is 445 g/mol. The lowest BCUT2D eigenvalue weighted by molar-refractivity contribution is 0.0735. The number of hydrogen-bond donors (Lipinski definition) is 0. The van der Waals surface area contributed by atoms with Gasteiger partial charge in [-0.1, -0.05) is 30.3 Å². The molecule has 174 valence electrons. The number of likely N-dealkylation sites (tertiary alicyclic amines) is 1. The molecule has 1 amide bonds. The van der Waals surface area contributed by atoms with Crippen molar-refractivity contribution in [1.82, 2.24) is 19.5 Å².